The summed E-state index contributed by atoms with van der Waals surface area (Å²) in [5, 5.41) is 3.55. The van der Waals surface area contributed by atoms with Gasteiger partial charge in [0.1, 0.15) is 0 Å². The number of nitrogens with one attached hydrogen (secondary N) is 1. The molecule has 0 aromatic rings. The molecule has 2 aliphatic rings. The summed E-state index contributed by atoms with van der Waals surface area (Å²) in [6, 6.07) is 0. The van der Waals surface area contributed by atoms with Crippen LogP contribution in [0, 0.1) is 5.92 Å². The number of ether oxygens (including phenoxy) is 1. The van der Waals surface area contributed by atoms with Crippen molar-refractivity contribution in [3.8, 4) is 0 Å². The van der Waals surface area contributed by atoms with Gasteiger partial charge in [0.15, 0.2) is 0 Å². The van der Waals surface area contributed by atoms with Gasteiger partial charge in [-0.05, 0) is 31.6 Å². The summed E-state index contributed by atoms with van der Waals surface area (Å²) >= 11 is 0. The van der Waals surface area contributed by atoms with Gasteiger partial charge in [0.2, 0.25) is 5.91 Å². The van der Waals surface area contributed by atoms with Crippen LogP contribution in [-0.2, 0) is 9.53 Å². The number of carbonyl (C=O) groups excluding carboxylic acids is 1. The molecule has 1 atom stereocenters. The maximum atomic E-state index is 12.4. The summed E-state index contributed by atoms with van der Waals surface area (Å²) in [5.74, 6) is 0.903. The fraction of sp³-hybridized carbons (Fsp3) is 0.933. The van der Waals surface area contributed by atoms with Gasteiger partial charge in [-0.2, -0.15) is 0 Å². The number of nitrogens with zero attached hydrogens (tertiary/aromatic N) is 1. The highest BCUT2D eigenvalue weighted by atomic mass is 16.5. The highest BCUT2D eigenvalue weighted by Crippen LogP contribution is 2.42. The molecule has 1 aliphatic heterocycles. The lowest BCUT2D eigenvalue weighted by atomic mass is 10.1. The number of carbonyl (C=O) groups is 1. The standard InChI is InChI=1S/C15H28N2O2/c1-4-5-9-19-10-8-17-13(11-12(2)3)16-15(6-7-15)14(17)18/h12-13,16H,4-11H2,1-3H3. The first-order chi connectivity index (χ1) is 9.09. The molecule has 1 N–H and O–H groups in total. The van der Waals surface area contributed by atoms with Crippen LogP contribution in [0.15, 0.2) is 0 Å². The van der Waals surface area contributed by atoms with Gasteiger partial charge < -0.3 is 9.64 Å². The molecule has 2 fully saturated rings. The lowest BCUT2D eigenvalue weighted by molar-refractivity contribution is -0.131. The van der Waals surface area contributed by atoms with Crippen molar-refractivity contribution in [1.82, 2.24) is 10.2 Å². The molecular weight excluding hydrogens is 240 g/mol. The predicted octanol–water partition coefficient (Wildman–Crippen LogP) is 2.14. The monoisotopic (exact) mass is 268 g/mol. The fourth-order valence-electron chi connectivity index (χ4n) is 2.76. The number of hydrogen-bond donors (Lipinski definition) is 1. The normalized spacial score (nSPS) is 24.7. The van der Waals surface area contributed by atoms with Crippen molar-refractivity contribution in [1.29, 1.82) is 0 Å². The first-order valence-electron chi connectivity index (χ1n) is 7.75. The van der Waals surface area contributed by atoms with E-state index in [0.717, 1.165) is 45.3 Å². The van der Waals surface area contributed by atoms with Crippen LogP contribution in [-0.4, -0.2) is 42.3 Å². The van der Waals surface area contributed by atoms with E-state index in [1.807, 2.05) is 4.90 Å². The number of rotatable bonds is 8. The van der Waals surface area contributed by atoms with Gasteiger partial charge in [-0.1, -0.05) is 27.2 Å². The van der Waals surface area contributed by atoms with Crippen molar-refractivity contribution >= 4 is 5.91 Å². The number of unbranched alkanes of at least 4 members (excludes halogenated alkanes) is 1. The van der Waals surface area contributed by atoms with E-state index in [9.17, 15) is 4.79 Å². The van der Waals surface area contributed by atoms with Crippen LogP contribution in [0.4, 0.5) is 0 Å². The highest BCUT2D eigenvalue weighted by Gasteiger charge is 2.58. The van der Waals surface area contributed by atoms with E-state index < -0.39 is 0 Å². The first kappa shape index (κ1) is 14.8. The van der Waals surface area contributed by atoms with E-state index in [4.69, 9.17) is 4.74 Å². The number of amides is 1. The molecule has 19 heavy (non-hydrogen) atoms. The molecular formula is C15H28N2O2. The van der Waals surface area contributed by atoms with E-state index >= 15 is 0 Å². The van der Waals surface area contributed by atoms with E-state index in [-0.39, 0.29) is 11.7 Å². The summed E-state index contributed by atoms with van der Waals surface area (Å²) in [7, 11) is 0. The SMILES string of the molecule is CCCCOCCN1C(=O)C2(CC2)NC1CC(C)C. The highest BCUT2D eigenvalue weighted by molar-refractivity contribution is 5.91. The molecule has 0 aromatic carbocycles. The lowest BCUT2D eigenvalue weighted by Gasteiger charge is -2.25. The van der Waals surface area contributed by atoms with Gasteiger partial charge >= 0.3 is 0 Å². The van der Waals surface area contributed by atoms with Crippen LogP contribution in [0.1, 0.15) is 52.9 Å². The molecule has 1 heterocycles. The van der Waals surface area contributed by atoms with Crippen molar-refractivity contribution in [3.63, 3.8) is 0 Å². The zero-order valence-electron chi connectivity index (χ0n) is 12.6. The Balaban J connectivity index is 1.82. The topological polar surface area (TPSA) is 41.6 Å². The average molecular weight is 268 g/mol. The van der Waals surface area contributed by atoms with Crippen molar-refractivity contribution in [3.05, 3.63) is 0 Å². The molecule has 1 aliphatic carbocycles. The van der Waals surface area contributed by atoms with Gasteiger partial charge in [-0.3, -0.25) is 10.1 Å². The van der Waals surface area contributed by atoms with E-state index in [1.165, 1.54) is 0 Å². The summed E-state index contributed by atoms with van der Waals surface area (Å²) in [4.78, 5) is 14.4. The third-order valence-corrected chi connectivity index (χ3v) is 4.05. The summed E-state index contributed by atoms with van der Waals surface area (Å²) in [6.45, 7) is 8.78. The van der Waals surface area contributed by atoms with Gasteiger partial charge in [0.05, 0.1) is 18.3 Å². The minimum absolute atomic E-state index is 0.191. The minimum atomic E-state index is -0.191. The van der Waals surface area contributed by atoms with Gasteiger partial charge in [0.25, 0.3) is 0 Å². The molecule has 1 saturated heterocycles. The van der Waals surface area contributed by atoms with Crippen LogP contribution in [0.25, 0.3) is 0 Å². The Kier molecular flexibility index (Phi) is 4.85. The largest absolute Gasteiger partial charge is 0.380 e. The van der Waals surface area contributed by atoms with Crippen LogP contribution >= 0.6 is 0 Å². The molecule has 1 spiro atoms. The molecule has 4 heteroatoms. The third-order valence-electron chi connectivity index (χ3n) is 4.05. The molecule has 4 nitrogen and oxygen atoms in total. The van der Waals surface area contributed by atoms with Gasteiger partial charge in [0, 0.05) is 13.2 Å². The molecule has 1 amide bonds. The maximum Gasteiger partial charge on any atom is 0.244 e. The quantitative estimate of drug-likeness (QED) is 0.686. The Morgan fingerprint density at radius 2 is 2.16 bits per heavy atom. The van der Waals surface area contributed by atoms with Gasteiger partial charge in [-0.15, -0.1) is 0 Å². The Bertz CT molecular complexity index is 313. The van der Waals surface area contributed by atoms with Crippen molar-refractivity contribution in [2.45, 2.75) is 64.6 Å². The smallest absolute Gasteiger partial charge is 0.244 e. The van der Waals surface area contributed by atoms with Crippen molar-refractivity contribution in [2.75, 3.05) is 19.8 Å². The second-order valence-corrected chi connectivity index (χ2v) is 6.34. The lowest BCUT2D eigenvalue weighted by Crippen LogP contribution is -2.40. The second-order valence-electron chi connectivity index (χ2n) is 6.34. The Hall–Kier alpha value is -0.610. The zero-order chi connectivity index (χ0) is 13.9. The Morgan fingerprint density at radius 3 is 2.74 bits per heavy atom. The number of hydrogen-bond acceptors (Lipinski definition) is 3. The summed E-state index contributed by atoms with van der Waals surface area (Å²) in [6.07, 6.45) is 5.52. The van der Waals surface area contributed by atoms with Crippen LogP contribution in [0.5, 0.6) is 0 Å². The first-order valence-corrected chi connectivity index (χ1v) is 7.75. The Labute approximate surface area is 116 Å². The molecule has 110 valence electrons. The van der Waals surface area contributed by atoms with E-state index in [1.54, 1.807) is 0 Å². The van der Waals surface area contributed by atoms with Crippen LogP contribution in [0.3, 0.4) is 0 Å². The zero-order valence-corrected chi connectivity index (χ0v) is 12.6. The molecule has 0 radical (unpaired) electrons. The molecule has 0 bridgehead atoms. The molecule has 1 unspecified atom stereocenters. The average Bonchev–Trinajstić information content (AvgIpc) is 3.08. The third kappa shape index (κ3) is 3.48. The van der Waals surface area contributed by atoms with E-state index in [0.29, 0.717) is 18.4 Å². The van der Waals surface area contributed by atoms with Crippen LogP contribution in [0.2, 0.25) is 0 Å². The maximum absolute atomic E-state index is 12.4. The predicted molar refractivity (Wildman–Crippen MR) is 75.8 cm³/mol. The summed E-state index contributed by atoms with van der Waals surface area (Å²) < 4.78 is 5.60. The van der Waals surface area contributed by atoms with Crippen LogP contribution < -0.4 is 5.32 Å². The minimum Gasteiger partial charge on any atom is -0.380 e. The Morgan fingerprint density at radius 1 is 1.42 bits per heavy atom. The van der Waals surface area contributed by atoms with Crippen molar-refractivity contribution < 1.29 is 9.53 Å². The molecule has 1 saturated carbocycles. The summed E-state index contributed by atoms with van der Waals surface area (Å²) in [5.41, 5.74) is -0.191. The van der Waals surface area contributed by atoms with Gasteiger partial charge in [-0.25, -0.2) is 0 Å². The van der Waals surface area contributed by atoms with Crippen molar-refractivity contribution in [2.24, 2.45) is 5.92 Å². The molecule has 2 rings (SSSR count). The van der Waals surface area contributed by atoms with E-state index in [2.05, 4.69) is 26.1 Å². The second kappa shape index (κ2) is 6.23. The molecule has 0 aromatic heterocycles. The fourth-order valence-corrected chi connectivity index (χ4v) is 2.76.